The second-order valence-electron chi connectivity index (χ2n) is 7.52. The van der Waals surface area contributed by atoms with Crippen LogP contribution in [0.25, 0.3) is 11.7 Å². The standard InChI is InChI=1S/C24H24N4O2S2/c1-3-25-20-18(22(29)27-13-7-9-16(2)21(27)26-20)15-19-23(30)28(24(31)32-19)14-8-12-17-10-5-4-6-11-17/h4-7,9-11,13,15,25H,3,8,12,14H2,1-2H3. The van der Waals surface area contributed by atoms with Crippen LogP contribution in [0.5, 0.6) is 0 Å². The molecule has 32 heavy (non-hydrogen) atoms. The van der Waals surface area contributed by atoms with Crippen LogP contribution < -0.4 is 10.9 Å². The summed E-state index contributed by atoms with van der Waals surface area (Å²) in [5, 5.41) is 3.16. The lowest BCUT2D eigenvalue weighted by atomic mass is 10.1. The first-order chi connectivity index (χ1) is 15.5. The topological polar surface area (TPSA) is 66.7 Å². The molecule has 8 heteroatoms. The number of fused-ring (bicyclic) bond motifs is 1. The van der Waals surface area contributed by atoms with Crippen LogP contribution in [0.2, 0.25) is 0 Å². The number of nitrogens with one attached hydrogen (secondary N) is 1. The van der Waals surface area contributed by atoms with Crippen LogP contribution in [0.15, 0.2) is 58.4 Å². The van der Waals surface area contributed by atoms with Crippen molar-refractivity contribution in [3.63, 3.8) is 0 Å². The molecule has 1 aromatic carbocycles. The molecule has 6 nitrogen and oxygen atoms in total. The summed E-state index contributed by atoms with van der Waals surface area (Å²) >= 11 is 6.70. The summed E-state index contributed by atoms with van der Waals surface area (Å²) in [7, 11) is 0. The molecule has 0 radical (unpaired) electrons. The molecule has 0 bridgehead atoms. The average Bonchev–Trinajstić information content (AvgIpc) is 3.05. The Labute approximate surface area is 196 Å². The van der Waals surface area contributed by atoms with Gasteiger partial charge in [0.15, 0.2) is 0 Å². The Balaban J connectivity index is 1.61. The number of aromatic nitrogens is 2. The van der Waals surface area contributed by atoms with Gasteiger partial charge in [0.1, 0.15) is 15.8 Å². The second-order valence-corrected chi connectivity index (χ2v) is 9.19. The van der Waals surface area contributed by atoms with Crippen molar-refractivity contribution in [3.8, 4) is 0 Å². The van der Waals surface area contributed by atoms with E-state index < -0.39 is 0 Å². The number of carbonyl (C=O) groups is 1. The SMILES string of the molecule is CCNc1nc2c(C)cccn2c(=O)c1C=C1SC(=S)N(CCCc2ccccc2)C1=O. The van der Waals surface area contributed by atoms with E-state index in [4.69, 9.17) is 12.2 Å². The number of rotatable bonds is 7. The lowest BCUT2D eigenvalue weighted by Crippen LogP contribution is -2.29. The largest absolute Gasteiger partial charge is 0.370 e. The zero-order chi connectivity index (χ0) is 22.7. The first-order valence-electron chi connectivity index (χ1n) is 10.5. The van der Waals surface area contributed by atoms with E-state index in [2.05, 4.69) is 22.4 Å². The van der Waals surface area contributed by atoms with Gasteiger partial charge in [0.25, 0.3) is 11.5 Å². The Kier molecular flexibility index (Phi) is 6.72. The van der Waals surface area contributed by atoms with Crippen LogP contribution >= 0.6 is 24.0 Å². The maximum Gasteiger partial charge on any atom is 0.267 e. The predicted molar refractivity (Wildman–Crippen MR) is 135 cm³/mol. The molecule has 164 valence electrons. The van der Waals surface area contributed by atoms with Crippen LogP contribution in [0.3, 0.4) is 0 Å². The third-order valence-corrected chi connectivity index (χ3v) is 6.65. The molecule has 2 aromatic heterocycles. The molecule has 1 aliphatic heterocycles. The van der Waals surface area contributed by atoms with Crippen LogP contribution in [0, 0.1) is 6.92 Å². The van der Waals surface area contributed by atoms with Crippen molar-refractivity contribution in [1.29, 1.82) is 0 Å². The van der Waals surface area contributed by atoms with Crippen molar-refractivity contribution in [2.75, 3.05) is 18.4 Å². The summed E-state index contributed by atoms with van der Waals surface area (Å²) in [5.74, 6) is 0.311. The molecule has 3 aromatic rings. The van der Waals surface area contributed by atoms with Gasteiger partial charge in [0.05, 0.1) is 10.5 Å². The molecule has 3 heterocycles. The number of hydrogen-bond donors (Lipinski definition) is 1. The van der Waals surface area contributed by atoms with Crippen molar-refractivity contribution >= 4 is 51.7 Å². The molecule has 1 saturated heterocycles. The van der Waals surface area contributed by atoms with E-state index >= 15 is 0 Å². The minimum Gasteiger partial charge on any atom is -0.370 e. The number of benzene rings is 1. The van der Waals surface area contributed by atoms with Crippen molar-refractivity contribution in [1.82, 2.24) is 14.3 Å². The lowest BCUT2D eigenvalue weighted by Gasteiger charge is -2.14. The predicted octanol–water partition coefficient (Wildman–Crippen LogP) is 4.27. The Morgan fingerprint density at radius 1 is 1.16 bits per heavy atom. The molecule has 0 aliphatic carbocycles. The number of hydrogen-bond acceptors (Lipinski definition) is 6. The van der Waals surface area contributed by atoms with Gasteiger partial charge < -0.3 is 5.32 Å². The van der Waals surface area contributed by atoms with Crippen LogP contribution in [-0.2, 0) is 11.2 Å². The Bertz CT molecular complexity index is 1270. The van der Waals surface area contributed by atoms with Gasteiger partial charge >= 0.3 is 0 Å². The fourth-order valence-corrected chi connectivity index (χ4v) is 4.94. The van der Waals surface area contributed by atoms with E-state index in [9.17, 15) is 9.59 Å². The number of pyridine rings is 1. The number of aryl methyl sites for hydroxylation is 2. The molecule has 4 rings (SSSR count). The first kappa shape index (κ1) is 22.2. The number of amides is 1. The summed E-state index contributed by atoms with van der Waals surface area (Å²) in [6.45, 7) is 5.01. The van der Waals surface area contributed by atoms with Gasteiger partial charge in [-0.15, -0.1) is 0 Å². The highest BCUT2D eigenvalue weighted by atomic mass is 32.2. The highest BCUT2D eigenvalue weighted by Crippen LogP contribution is 2.33. The van der Waals surface area contributed by atoms with Crippen LogP contribution in [0.1, 0.15) is 30.0 Å². The van der Waals surface area contributed by atoms with Gasteiger partial charge in [-0.05, 0) is 50.0 Å². The van der Waals surface area contributed by atoms with Gasteiger partial charge in [-0.25, -0.2) is 4.98 Å². The number of thioether (sulfide) groups is 1. The molecule has 0 spiro atoms. The highest BCUT2D eigenvalue weighted by Gasteiger charge is 2.32. The zero-order valence-corrected chi connectivity index (χ0v) is 19.6. The Morgan fingerprint density at radius 3 is 2.69 bits per heavy atom. The molecule has 1 amide bonds. The maximum atomic E-state index is 13.2. The minimum atomic E-state index is -0.219. The highest BCUT2D eigenvalue weighted by molar-refractivity contribution is 8.26. The van der Waals surface area contributed by atoms with E-state index in [0.717, 1.165) is 18.4 Å². The van der Waals surface area contributed by atoms with Gasteiger partial charge in [0, 0.05) is 19.3 Å². The Hall–Kier alpha value is -2.97. The summed E-state index contributed by atoms with van der Waals surface area (Å²) in [6.07, 6.45) is 5.00. The first-order valence-corrected chi connectivity index (χ1v) is 11.8. The molecular formula is C24H24N4O2S2. The van der Waals surface area contributed by atoms with Crippen molar-refractivity contribution in [3.05, 3.63) is 80.6 Å². The van der Waals surface area contributed by atoms with Crippen molar-refractivity contribution < 1.29 is 4.79 Å². The molecule has 0 unspecified atom stereocenters. The van der Waals surface area contributed by atoms with Crippen LogP contribution in [-0.4, -0.2) is 37.6 Å². The van der Waals surface area contributed by atoms with E-state index in [-0.39, 0.29) is 11.5 Å². The van der Waals surface area contributed by atoms with Gasteiger partial charge in [-0.1, -0.05) is 60.4 Å². The monoisotopic (exact) mass is 464 g/mol. The fraction of sp³-hybridized carbons (Fsp3) is 0.250. The number of thiocarbonyl (C=S) groups is 1. The zero-order valence-electron chi connectivity index (χ0n) is 18.0. The van der Waals surface area contributed by atoms with E-state index in [0.29, 0.717) is 39.3 Å². The fourth-order valence-electron chi connectivity index (χ4n) is 3.65. The Morgan fingerprint density at radius 2 is 1.94 bits per heavy atom. The summed E-state index contributed by atoms with van der Waals surface area (Å²) in [6, 6.07) is 13.9. The van der Waals surface area contributed by atoms with Crippen molar-refractivity contribution in [2.45, 2.75) is 26.7 Å². The number of nitrogens with zero attached hydrogens (tertiary/aromatic N) is 3. The molecule has 0 saturated carbocycles. The van der Waals surface area contributed by atoms with Gasteiger partial charge in [-0.2, -0.15) is 0 Å². The molecular weight excluding hydrogens is 440 g/mol. The van der Waals surface area contributed by atoms with E-state index in [1.165, 1.54) is 21.7 Å². The van der Waals surface area contributed by atoms with Gasteiger partial charge in [0.2, 0.25) is 0 Å². The maximum absolute atomic E-state index is 13.2. The second kappa shape index (κ2) is 9.67. The van der Waals surface area contributed by atoms with Gasteiger partial charge in [-0.3, -0.25) is 18.9 Å². The molecule has 1 fully saturated rings. The molecule has 1 aliphatic rings. The summed E-state index contributed by atoms with van der Waals surface area (Å²) in [4.78, 5) is 33.0. The number of carbonyl (C=O) groups excluding carboxylic acids is 1. The smallest absolute Gasteiger partial charge is 0.267 e. The van der Waals surface area contributed by atoms with Crippen molar-refractivity contribution in [2.24, 2.45) is 0 Å². The normalized spacial score (nSPS) is 15.2. The number of anilines is 1. The quantitative estimate of drug-likeness (QED) is 0.416. The molecule has 0 atom stereocenters. The average molecular weight is 465 g/mol. The van der Waals surface area contributed by atoms with Crippen LogP contribution in [0.4, 0.5) is 5.82 Å². The summed E-state index contributed by atoms with van der Waals surface area (Å²) < 4.78 is 2.03. The lowest BCUT2D eigenvalue weighted by molar-refractivity contribution is -0.122. The van der Waals surface area contributed by atoms with E-state index in [1.54, 1.807) is 17.2 Å². The summed E-state index contributed by atoms with van der Waals surface area (Å²) in [5.41, 5.74) is 2.87. The third kappa shape index (κ3) is 4.47. The molecule has 1 N–H and O–H groups in total. The third-order valence-electron chi connectivity index (χ3n) is 5.27. The van der Waals surface area contributed by atoms with E-state index in [1.807, 2.05) is 44.2 Å². The minimum absolute atomic E-state index is 0.163.